The van der Waals surface area contributed by atoms with Crippen molar-refractivity contribution in [2.45, 2.75) is 13.1 Å². The van der Waals surface area contributed by atoms with Gasteiger partial charge < -0.3 is 5.32 Å². The van der Waals surface area contributed by atoms with Crippen LogP contribution in [0.15, 0.2) is 42.5 Å². The number of aromatic nitrogens is 4. The number of imidazole rings is 1. The van der Waals surface area contributed by atoms with Crippen molar-refractivity contribution in [3.05, 3.63) is 71.2 Å². The fraction of sp³-hybridized carbons (Fsp3) is 0.100. The first kappa shape index (κ1) is 20.2. The molecular weight excluding hydrogens is 419 g/mol. The summed E-state index contributed by atoms with van der Waals surface area (Å²) in [6.07, 6.45) is -4.47. The first-order valence-corrected chi connectivity index (χ1v) is 8.73. The maximum Gasteiger partial charge on any atom is 0.416 e. The van der Waals surface area contributed by atoms with Crippen LogP contribution >= 0.6 is 0 Å². The van der Waals surface area contributed by atoms with Crippen LogP contribution in [0.4, 0.5) is 33.6 Å². The first-order chi connectivity index (χ1) is 14.7. The van der Waals surface area contributed by atoms with Crippen molar-refractivity contribution in [1.29, 1.82) is 5.26 Å². The number of nitriles is 1. The normalized spacial score (nSPS) is 11.5. The Kier molecular flexibility index (Phi) is 4.77. The fourth-order valence-corrected chi connectivity index (χ4v) is 3.02. The highest BCUT2D eigenvalue weighted by atomic mass is 19.4. The fourth-order valence-electron chi connectivity index (χ4n) is 3.02. The van der Waals surface area contributed by atoms with Gasteiger partial charge in [-0.25, -0.2) is 18.7 Å². The lowest BCUT2D eigenvalue weighted by Gasteiger charge is -2.11. The SMILES string of the molecule is Cc1nc2cc(F)c(F)cc2n1-c1cc(C#N)nc(Nc2ccc(C(F)(F)F)cc2)n1. The van der Waals surface area contributed by atoms with Crippen LogP contribution in [0.25, 0.3) is 16.9 Å². The summed E-state index contributed by atoms with van der Waals surface area (Å²) < 4.78 is 67.0. The van der Waals surface area contributed by atoms with E-state index >= 15 is 0 Å². The van der Waals surface area contributed by atoms with Crippen LogP contribution < -0.4 is 5.32 Å². The van der Waals surface area contributed by atoms with Crippen LogP contribution in [-0.4, -0.2) is 19.5 Å². The summed E-state index contributed by atoms with van der Waals surface area (Å²) in [7, 11) is 0. The third-order valence-electron chi connectivity index (χ3n) is 4.39. The van der Waals surface area contributed by atoms with Crippen molar-refractivity contribution in [2.24, 2.45) is 0 Å². The van der Waals surface area contributed by atoms with Crippen LogP contribution in [0.2, 0.25) is 0 Å². The second-order valence-electron chi connectivity index (χ2n) is 6.50. The second kappa shape index (κ2) is 7.32. The predicted octanol–water partition coefficient (Wildman–Crippen LogP) is 5.04. The number of rotatable bonds is 3. The topological polar surface area (TPSA) is 79.4 Å². The lowest BCUT2D eigenvalue weighted by molar-refractivity contribution is -0.137. The summed E-state index contributed by atoms with van der Waals surface area (Å²) in [5, 5.41) is 12.1. The van der Waals surface area contributed by atoms with E-state index in [1.165, 1.54) is 22.8 Å². The van der Waals surface area contributed by atoms with Crippen molar-refractivity contribution in [3.8, 4) is 11.9 Å². The number of aryl methyl sites for hydroxylation is 1. The summed E-state index contributed by atoms with van der Waals surface area (Å²) in [5.74, 6) is -1.71. The minimum Gasteiger partial charge on any atom is -0.324 e. The van der Waals surface area contributed by atoms with Crippen LogP contribution in [0.5, 0.6) is 0 Å². The van der Waals surface area contributed by atoms with Crippen molar-refractivity contribution in [2.75, 3.05) is 5.32 Å². The number of hydrogen-bond donors (Lipinski definition) is 1. The predicted molar refractivity (Wildman–Crippen MR) is 101 cm³/mol. The molecule has 0 spiro atoms. The Hall–Kier alpha value is -4.07. The van der Waals surface area contributed by atoms with Gasteiger partial charge in [0.25, 0.3) is 0 Å². The van der Waals surface area contributed by atoms with Crippen LogP contribution in [0.3, 0.4) is 0 Å². The van der Waals surface area contributed by atoms with E-state index in [1.807, 2.05) is 6.07 Å². The van der Waals surface area contributed by atoms with Gasteiger partial charge in [0, 0.05) is 23.9 Å². The summed E-state index contributed by atoms with van der Waals surface area (Å²) in [5.41, 5.74) is -0.206. The molecule has 0 radical (unpaired) electrons. The molecule has 2 aromatic heterocycles. The zero-order valence-corrected chi connectivity index (χ0v) is 15.7. The van der Waals surface area contributed by atoms with E-state index in [1.54, 1.807) is 6.92 Å². The zero-order chi connectivity index (χ0) is 22.3. The summed E-state index contributed by atoms with van der Waals surface area (Å²) in [6, 6.07) is 9.27. The molecule has 6 nitrogen and oxygen atoms in total. The monoisotopic (exact) mass is 430 g/mol. The average molecular weight is 430 g/mol. The number of benzene rings is 2. The van der Waals surface area contributed by atoms with Crippen molar-refractivity contribution in [1.82, 2.24) is 19.5 Å². The van der Waals surface area contributed by atoms with Gasteiger partial charge in [-0.15, -0.1) is 0 Å². The molecule has 0 saturated carbocycles. The Morgan fingerprint density at radius 2 is 1.65 bits per heavy atom. The van der Waals surface area contributed by atoms with E-state index in [9.17, 15) is 27.2 Å². The standard InChI is InChI=1S/C20H11F5N6/c1-10-27-16-7-14(21)15(22)8-17(16)31(10)18-6-13(9-26)29-19(30-18)28-12-4-2-11(3-5-12)20(23,24)25/h2-8H,1H3,(H,28,29,30). The highest BCUT2D eigenvalue weighted by Gasteiger charge is 2.30. The summed E-state index contributed by atoms with van der Waals surface area (Å²) in [4.78, 5) is 12.4. The minimum atomic E-state index is -4.47. The lowest BCUT2D eigenvalue weighted by Crippen LogP contribution is -2.07. The van der Waals surface area contributed by atoms with Crippen LogP contribution in [0.1, 0.15) is 17.1 Å². The number of nitrogens with zero attached hydrogens (tertiary/aromatic N) is 5. The number of fused-ring (bicyclic) bond motifs is 1. The molecule has 0 aliphatic carbocycles. The smallest absolute Gasteiger partial charge is 0.324 e. The Bertz CT molecular complexity index is 1340. The average Bonchev–Trinajstić information content (AvgIpc) is 3.02. The van der Waals surface area contributed by atoms with E-state index < -0.39 is 23.4 Å². The van der Waals surface area contributed by atoms with Gasteiger partial charge in [-0.2, -0.15) is 23.4 Å². The number of hydrogen-bond acceptors (Lipinski definition) is 5. The van der Waals surface area contributed by atoms with Gasteiger partial charge in [0.2, 0.25) is 5.95 Å². The van der Waals surface area contributed by atoms with Gasteiger partial charge in [-0.05, 0) is 31.2 Å². The Balaban J connectivity index is 1.77. The largest absolute Gasteiger partial charge is 0.416 e. The van der Waals surface area contributed by atoms with Gasteiger partial charge in [0.1, 0.15) is 23.4 Å². The molecular formula is C20H11F5N6. The highest BCUT2D eigenvalue weighted by molar-refractivity contribution is 5.78. The number of halogens is 5. The van der Waals surface area contributed by atoms with Gasteiger partial charge in [0.15, 0.2) is 11.6 Å². The lowest BCUT2D eigenvalue weighted by atomic mass is 10.2. The summed E-state index contributed by atoms with van der Waals surface area (Å²) >= 11 is 0. The molecule has 2 aromatic carbocycles. The van der Waals surface area contributed by atoms with Crippen molar-refractivity contribution >= 4 is 22.7 Å². The number of alkyl halides is 3. The van der Waals surface area contributed by atoms with E-state index in [-0.39, 0.29) is 34.2 Å². The Morgan fingerprint density at radius 1 is 0.968 bits per heavy atom. The third kappa shape index (κ3) is 3.87. The molecule has 0 aliphatic heterocycles. The van der Waals surface area contributed by atoms with Gasteiger partial charge in [0.05, 0.1) is 16.6 Å². The molecule has 0 aliphatic rings. The second-order valence-corrected chi connectivity index (χ2v) is 6.50. The number of nitrogens with one attached hydrogen (secondary N) is 1. The molecule has 4 aromatic rings. The molecule has 2 heterocycles. The molecule has 11 heteroatoms. The van der Waals surface area contributed by atoms with Crippen LogP contribution in [-0.2, 0) is 6.18 Å². The molecule has 4 rings (SSSR count). The molecule has 156 valence electrons. The van der Waals surface area contributed by atoms with Gasteiger partial charge in [-0.3, -0.25) is 4.57 Å². The first-order valence-electron chi connectivity index (χ1n) is 8.73. The summed E-state index contributed by atoms with van der Waals surface area (Å²) in [6.45, 7) is 1.59. The Morgan fingerprint density at radius 3 is 2.29 bits per heavy atom. The molecule has 31 heavy (non-hydrogen) atoms. The molecule has 0 fully saturated rings. The maximum atomic E-state index is 13.8. The molecule has 0 unspecified atom stereocenters. The van der Waals surface area contributed by atoms with E-state index in [2.05, 4.69) is 20.3 Å². The van der Waals surface area contributed by atoms with E-state index in [0.717, 1.165) is 24.3 Å². The van der Waals surface area contributed by atoms with Gasteiger partial charge >= 0.3 is 6.18 Å². The van der Waals surface area contributed by atoms with Crippen molar-refractivity contribution in [3.63, 3.8) is 0 Å². The van der Waals surface area contributed by atoms with Crippen molar-refractivity contribution < 1.29 is 22.0 Å². The highest BCUT2D eigenvalue weighted by Crippen LogP contribution is 2.30. The zero-order valence-electron chi connectivity index (χ0n) is 15.7. The molecule has 1 N–H and O–H groups in total. The molecule has 0 amide bonds. The van der Waals surface area contributed by atoms with E-state index in [4.69, 9.17) is 0 Å². The Labute approximate surface area is 171 Å². The molecule has 0 atom stereocenters. The molecule has 0 saturated heterocycles. The van der Waals surface area contributed by atoms with Crippen LogP contribution in [0, 0.1) is 29.9 Å². The number of anilines is 2. The minimum absolute atomic E-state index is 0.0526. The van der Waals surface area contributed by atoms with Gasteiger partial charge in [-0.1, -0.05) is 0 Å². The maximum absolute atomic E-state index is 13.8. The van der Waals surface area contributed by atoms with E-state index in [0.29, 0.717) is 5.82 Å². The quantitative estimate of drug-likeness (QED) is 0.461. The molecule has 0 bridgehead atoms. The third-order valence-corrected chi connectivity index (χ3v) is 4.39.